The van der Waals surface area contributed by atoms with Crippen molar-refractivity contribution >= 4 is 5.91 Å². The minimum Gasteiger partial charge on any atom is -0.489 e. The molecule has 1 fully saturated rings. The number of hydrogen-bond donors (Lipinski definition) is 1. The standard InChI is InChI=1S/C20H26N2O3/c1-13-5-4-6-17(11-13)21-20(23)16-7-9-18(10-8-16)24-12-19-14(2)22-25-15(19)3/h7-10,13,17H,4-6,11-12H2,1-3H3,(H,21,23). The van der Waals surface area contributed by atoms with Crippen LogP contribution in [0.15, 0.2) is 28.8 Å². The van der Waals surface area contributed by atoms with Gasteiger partial charge in [0.1, 0.15) is 18.1 Å². The van der Waals surface area contributed by atoms with Crippen molar-refractivity contribution in [2.24, 2.45) is 5.92 Å². The Bertz CT molecular complexity index is 702. The Morgan fingerprint density at radius 1 is 1.28 bits per heavy atom. The van der Waals surface area contributed by atoms with Crippen LogP contribution in [0.1, 0.15) is 60.0 Å². The van der Waals surface area contributed by atoms with Crippen molar-refractivity contribution in [1.29, 1.82) is 0 Å². The second kappa shape index (κ2) is 7.72. The summed E-state index contributed by atoms with van der Waals surface area (Å²) < 4.78 is 10.9. The van der Waals surface area contributed by atoms with Gasteiger partial charge in [0.05, 0.1) is 11.3 Å². The number of carbonyl (C=O) groups excluding carboxylic acids is 1. The highest BCUT2D eigenvalue weighted by Crippen LogP contribution is 2.24. The Morgan fingerprint density at radius 3 is 2.68 bits per heavy atom. The normalized spacial score (nSPS) is 20.3. The van der Waals surface area contributed by atoms with E-state index in [-0.39, 0.29) is 5.91 Å². The Balaban J connectivity index is 1.55. The fourth-order valence-electron chi connectivity index (χ4n) is 3.40. The molecule has 1 aromatic carbocycles. The van der Waals surface area contributed by atoms with Gasteiger partial charge in [0.15, 0.2) is 0 Å². The SMILES string of the molecule is Cc1noc(C)c1COc1ccc(C(=O)NC2CCCC(C)C2)cc1. The number of benzene rings is 1. The zero-order chi connectivity index (χ0) is 17.8. The van der Waals surface area contributed by atoms with Crippen molar-refractivity contribution in [1.82, 2.24) is 10.5 Å². The molecule has 2 unspecified atom stereocenters. The molecule has 0 aliphatic heterocycles. The van der Waals surface area contributed by atoms with Crippen LogP contribution < -0.4 is 10.1 Å². The van der Waals surface area contributed by atoms with E-state index in [2.05, 4.69) is 17.4 Å². The molecule has 0 bridgehead atoms. The highest BCUT2D eigenvalue weighted by atomic mass is 16.5. The highest BCUT2D eigenvalue weighted by Gasteiger charge is 2.20. The fourth-order valence-corrected chi connectivity index (χ4v) is 3.40. The summed E-state index contributed by atoms with van der Waals surface area (Å²) in [4.78, 5) is 12.4. The van der Waals surface area contributed by atoms with E-state index < -0.39 is 0 Å². The second-order valence-corrected chi connectivity index (χ2v) is 7.06. The summed E-state index contributed by atoms with van der Waals surface area (Å²) in [6, 6.07) is 7.58. The van der Waals surface area contributed by atoms with Gasteiger partial charge in [0.25, 0.3) is 5.91 Å². The van der Waals surface area contributed by atoms with Crippen LogP contribution in [0, 0.1) is 19.8 Å². The number of carbonyl (C=O) groups is 1. The van der Waals surface area contributed by atoms with Gasteiger partial charge in [-0.25, -0.2) is 0 Å². The van der Waals surface area contributed by atoms with Crippen LogP contribution in [0.5, 0.6) is 5.75 Å². The van der Waals surface area contributed by atoms with Gasteiger partial charge in [-0.05, 0) is 56.9 Å². The van der Waals surface area contributed by atoms with E-state index >= 15 is 0 Å². The van der Waals surface area contributed by atoms with Gasteiger partial charge in [-0.15, -0.1) is 0 Å². The molecular weight excluding hydrogens is 316 g/mol. The predicted octanol–water partition coefficient (Wildman–Crippen LogP) is 4.18. The van der Waals surface area contributed by atoms with Crippen LogP contribution in [-0.4, -0.2) is 17.1 Å². The molecule has 25 heavy (non-hydrogen) atoms. The number of aromatic nitrogens is 1. The third-order valence-electron chi connectivity index (χ3n) is 4.95. The molecule has 1 aliphatic carbocycles. The van der Waals surface area contributed by atoms with E-state index in [0.717, 1.165) is 35.6 Å². The van der Waals surface area contributed by atoms with Crippen molar-refractivity contribution in [3.8, 4) is 5.75 Å². The quantitative estimate of drug-likeness (QED) is 0.885. The smallest absolute Gasteiger partial charge is 0.251 e. The molecule has 1 amide bonds. The fraction of sp³-hybridized carbons (Fsp3) is 0.500. The molecule has 0 radical (unpaired) electrons. The number of nitrogens with zero attached hydrogens (tertiary/aromatic N) is 1. The number of amides is 1. The lowest BCUT2D eigenvalue weighted by molar-refractivity contribution is 0.0921. The lowest BCUT2D eigenvalue weighted by atomic mass is 9.87. The molecule has 5 nitrogen and oxygen atoms in total. The Morgan fingerprint density at radius 2 is 2.04 bits per heavy atom. The lowest BCUT2D eigenvalue weighted by Crippen LogP contribution is -2.37. The van der Waals surface area contributed by atoms with E-state index in [1.165, 1.54) is 12.8 Å². The lowest BCUT2D eigenvalue weighted by Gasteiger charge is -2.27. The third-order valence-corrected chi connectivity index (χ3v) is 4.95. The van der Waals surface area contributed by atoms with Crippen molar-refractivity contribution in [3.05, 3.63) is 46.8 Å². The van der Waals surface area contributed by atoms with Gasteiger partial charge in [0.2, 0.25) is 0 Å². The summed E-state index contributed by atoms with van der Waals surface area (Å²) in [6.07, 6.45) is 4.61. The average molecular weight is 342 g/mol. The first-order valence-corrected chi connectivity index (χ1v) is 8.98. The van der Waals surface area contributed by atoms with E-state index in [1.54, 1.807) is 0 Å². The largest absolute Gasteiger partial charge is 0.489 e. The highest BCUT2D eigenvalue weighted by molar-refractivity contribution is 5.94. The summed E-state index contributed by atoms with van der Waals surface area (Å²) in [7, 11) is 0. The van der Waals surface area contributed by atoms with Crippen molar-refractivity contribution in [3.63, 3.8) is 0 Å². The van der Waals surface area contributed by atoms with Crippen LogP contribution >= 0.6 is 0 Å². The van der Waals surface area contributed by atoms with Crippen molar-refractivity contribution in [2.75, 3.05) is 0 Å². The second-order valence-electron chi connectivity index (χ2n) is 7.06. The molecule has 1 aromatic heterocycles. The minimum absolute atomic E-state index is 0.00336. The number of aryl methyl sites for hydroxylation is 2. The molecular formula is C20H26N2O3. The maximum absolute atomic E-state index is 12.4. The number of hydrogen-bond acceptors (Lipinski definition) is 4. The number of nitrogens with one attached hydrogen (secondary N) is 1. The molecule has 1 N–H and O–H groups in total. The summed E-state index contributed by atoms with van der Waals surface area (Å²) in [5, 5.41) is 7.07. The first-order valence-electron chi connectivity index (χ1n) is 8.98. The molecule has 1 heterocycles. The molecule has 3 rings (SSSR count). The average Bonchev–Trinajstić information content (AvgIpc) is 2.92. The predicted molar refractivity (Wildman–Crippen MR) is 95.6 cm³/mol. The maximum atomic E-state index is 12.4. The Hall–Kier alpha value is -2.30. The molecule has 2 aromatic rings. The Kier molecular flexibility index (Phi) is 5.41. The van der Waals surface area contributed by atoms with Gasteiger partial charge in [-0.3, -0.25) is 4.79 Å². The first kappa shape index (κ1) is 17.5. The maximum Gasteiger partial charge on any atom is 0.251 e. The molecule has 0 spiro atoms. The molecule has 0 saturated heterocycles. The summed E-state index contributed by atoms with van der Waals surface area (Å²) >= 11 is 0. The van der Waals surface area contributed by atoms with E-state index in [9.17, 15) is 4.79 Å². The Labute approximate surface area is 148 Å². The van der Waals surface area contributed by atoms with Crippen molar-refractivity contribution in [2.45, 2.75) is 59.1 Å². The van der Waals surface area contributed by atoms with E-state index in [1.807, 2.05) is 38.1 Å². The van der Waals surface area contributed by atoms with Gasteiger partial charge in [-0.2, -0.15) is 0 Å². The van der Waals surface area contributed by atoms with Crippen LogP contribution in [0.25, 0.3) is 0 Å². The summed E-state index contributed by atoms with van der Waals surface area (Å²) in [5.74, 6) is 2.19. The van der Waals surface area contributed by atoms with E-state index in [4.69, 9.17) is 9.26 Å². The third kappa shape index (κ3) is 4.41. The van der Waals surface area contributed by atoms with Gasteiger partial charge in [0, 0.05) is 11.6 Å². The number of rotatable bonds is 5. The van der Waals surface area contributed by atoms with Crippen LogP contribution in [-0.2, 0) is 6.61 Å². The van der Waals surface area contributed by atoms with Crippen LogP contribution in [0.3, 0.4) is 0 Å². The molecule has 2 atom stereocenters. The van der Waals surface area contributed by atoms with Crippen LogP contribution in [0.4, 0.5) is 0 Å². The number of ether oxygens (including phenoxy) is 1. The minimum atomic E-state index is -0.00336. The monoisotopic (exact) mass is 342 g/mol. The summed E-state index contributed by atoms with van der Waals surface area (Å²) in [5.41, 5.74) is 2.48. The van der Waals surface area contributed by atoms with Gasteiger partial charge < -0.3 is 14.6 Å². The first-order chi connectivity index (χ1) is 12.0. The molecule has 134 valence electrons. The molecule has 5 heteroatoms. The van der Waals surface area contributed by atoms with E-state index in [0.29, 0.717) is 24.1 Å². The zero-order valence-corrected chi connectivity index (χ0v) is 15.2. The van der Waals surface area contributed by atoms with Gasteiger partial charge >= 0.3 is 0 Å². The zero-order valence-electron chi connectivity index (χ0n) is 15.2. The van der Waals surface area contributed by atoms with Gasteiger partial charge in [-0.1, -0.05) is 24.9 Å². The topological polar surface area (TPSA) is 64.4 Å². The van der Waals surface area contributed by atoms with Crippen molar-refractivity contribution < 1.29 is 14.1 Å². The van der Waals surface area contributed by atoms with Crippen LogP contribution in [0.2, 0.25) is 0 Å². The summed E-state index contributed by atoms with van der Waals surface area (Å²) in [6.45, 7) is 6.43. The molecule has 1 aliphatic rings. The molecule has 1 saturated carbocycles.